The minimum Gasteiger partial charge on any atom is -0.461 e. The molecule has 0 radical (unpaired) electrons. The zero-order valence-electron chi connectivity index (χ0n) is 14.3. The average molecular weight is 360 g/mol. The molecule has 2 aliphatic rings. The van der Waals surface area contributed by atoms with Gasteiger partial charge in [0.15, 0.2) is 0 Å². The van der Waals surface area contributed by atoms with E-state index < -0.39 is 18.6 Å². The van der Waals surface area contributed by atoms with Crippen molar-refractivity contribution in [2.24, 2.45) is 5.92 Å². The number of carbonyl (C=O) groups is 1. The number of alkyl halides is 3. The van der Waals surface area contributed by atoms with E-state index in [-0.39, 0.29) is 29.7 Å². The van der Waals surface area contributed by atoms with Gasteiger partial charge in [-0.1, -0.05) is 0 Å². The summed E-state index contributed by atoms with van der Waals surface area (Å²) < 4.78 is 51.1. The second-order valence-electron chi connectivity index (χ2n) is 6.74. The standard InChI is InChI=1S/C17H23F3N2O3/c1-2-25-16(23)15-13(9-17(18,19)20)14(12-3-4-12)21-22(15)10-11-5-7-24-8-6-11/h11-12H,2-10H2,1H3. The zero-order chi connectivity index (χ0) is 18.0. The molecule has 0 bridgehead atoms. The molecule has 2 fully saturated rings. The van der Waals surface area contributed by atoms with Crippen molar-refractivity contribution >= 4 is 5.97 Å². The first kappa shape index (κ1) is 18.2. The Labute approximate surface area is 144 Å². The van der Waals surface area contributed by atoms with Crippen molar-refractivity contribution in [1.29, 1.82) is 0 Å². The Bertz CT molecular complexity index is 617. The fraction of sp³-hybridized carbons (Fsp3) is 0.765. The van der Waals surface area contributed by atoms with Crippen LogP contribution in [0.25, 0.3) is 0 Å². The van der Waals surface area contributed by atoms with Gasteiger partial charge in [-0.3, -0.25) is 4.68 Å². The predicted octanol–water partition coefficient (Wildman–Crippen LogP) is 3.47. The third kappa shape index (κ3) is 4.54. The highest BCUT2D eigenvalue weighted by Gasteiger charge is 2.39. The highest BCUT2D eigenvalue weighted by Crippen LogP contribution is 2.43. The number of ether oxygens (including phenoxy) is 2. The van der Waals surface area contributed by atoms with Crippen LogP contribution in [0.5, 0.6) is 0 Å². The van der Waals surface area contributed by atoms with Gasteiger partial charge >= 0.3 is 12.1 Å². The summed E-state index contributed by atoms with van der Waals surface area (Å²) >= 11 is 0. The molecule has 2 heterocycles. The van der Waals surface area contributed by atoms with Crippen LogP contribution in [-0.4, -0.2) is 41.7 Å². The summed E-state index contributed by atoms with van der Waals surface area (Å²) in [5.74, 6) is -0.442. The molecule has 1 aliphatic carbocycles. The lowest BCUT2D eigenvalue weighted by Crippen LogP contribution is -2.24. The molecular weight excluding hydrogens is 337 g/mol. The van der Waals surface area contributed by atoms with Crippen LogP contribution in [-0.2, 0) is 22.4 Å². The maximum absolute atomic E-state index is 13.1. The third-order valence-electron chi connectivity index (χ3n) is 4.66. The molecule has 0 aromatic carbocycles. The molecule has 0 unspecified atom stereocenters. The molecule has 5 nitrogen and oxygen atoms in total. The highest BCUT2D eigenvalue weighted by atomic mass is 19.4. The lowest BCUT2D eigenvalue weighted by atomic mass is 10.00. The Kier molecular flexibility index (Phi) is 5.36. The molecule has 0 atom stereocenters. The van der Waals surface area contributed by atoms with Gasteiger partial charge in [-0.05, 0) is 38.5 Å². The largest absolute Gasteiger partial charge is 0.461 e. The van der Waals surface area contributed by atoms with Crippen LogP contribution in [0.1, 0.15) is 60.3 Å². The van der Waals surface area contributed by atoms with Gasteiger partial charge in [0.05, 0.1) is 18.7 Å². The van der Waals surface area contributed by atoms with Crippen LogP contribution in [0.4, 0.5) is 13.2 Å². The molecule has 25 heavy (non-hydrogen) atoms. The number of hydrogen-bond acceptors (Lipinski definition) is 4. The Morgan fingerprint density at radius 1 is 1.28 bits per heavy atom. The van der Waals surface area contributed by atoms with Gasteiger partial charge in [-0.2, -0.15) is 18.3 Å². The van der Waals surface area contributed by atoms with Crippen LogP contribution in [0.3, 0.4) is 0 Å². The molecule has 1 aromatic rings. The average Bonchev–Trinajstić information content (AvgIpc) is 3.31. The van der Waals surface area contributed by atoms with Crippen LogP contribution >= 0.6 is 0 Å². The van der Waals surface area contributed by atoms with E-state index >= 15 is 0 Å². The van der Waals surface area contributed by atoms with E-state index in [9.17, 15) is 18.0 Å². The summed E-state index contributed by atoms with van der Waals surface area (Å²) in [4.78, 5) is 12.4. The first-order chi connectivity index (χ1) is 11.9. The highest BCUT2D eigenvalue weighted by molar-refractivity contribution is 5.89. The smallest absolute Gasteiger partial charge is 0.393 e. The Hall–Kier alpha value is -1.57. The molecule has 1 aromatic heterocycles. The van der Waals surface area contributed by atoms with E-state index in [1.807, 2.05) is 0 Å². The molecule has 8 heteroatoms. The Morgan fingerprint density at radius 2 is 1.96 bits per heavy atom. The Morgan fingerprint density at radius 3 is 2.52 bits per heavy atom. The number of esters is 1. The molecule has 1 aliphatic heterocycles. The number of carbonyl (C=O) groups excluding carboxylic acids is 1. The quantitative estimate of drug-likeness (QED) is 0.729. The van der Waals surface area contributed by atoms with E-state index in [0.717, 1.165) is 25.7 Å². The summed E-state index contributed by atoms with van der Waals surface area (Å²) in [6, 6.07) is 0. The minimum absolute atomic E-state index is 0.000472. The van der Waals surface area contributed by atoms with Gasteiger partial charge in [0.1, 0.15) is 5.69 Å². The van der Waals surface area contributed by atoms with E-state index in [0.29, 0.717) is 25.5 Å². The van der Waals surface area contributed by atoms with E-state index in [2.05, 4.69) is 5.10 Å². The zero-order valence-corrected chi connectivity index (χ0v) is 14.3. The number of aromatic nitrogens is 2. The van der Waals surface area contributed by atoms with Crippen molar-refractivity contribution < 1.29 is 27.4 Å². The first-order valence-electron chi connectivity index (χ1n) is 8.80. The maximum Gasteiger partial charge on any atom is 0.393 e. The molecule has 0 spiro atoms. The molecule has 0 N–H and O–H groups in total. The molecule has 0 amide bonds. The van der Waals surface area contributed by atoms with E-state index in [1.54, 1.807) is 6.92 Å². The topological polar surface area (TPSA) is 53.3 Å². The first-order valence-corrected chi connectivity index (χ1v) is 8.80. The third-order valence-corrected chi connectivity index (χ3v) is 4.66. The van der Waals surface area contributed by atoms with Crippen LogP contribution in [0, 0.1) is 5.92 Å². The SMILES string of the molecule is CCOC(=O)c1c(CC(F)(F)F)c(C2CC2)nn1CC1CCOCC1. The second kappa shape index (κ2) is 7.35. The maximum atomic E-state index is 13.1. The minimum atomic E-state index is -4.39. The summed E-state index contributed by atoms with van der Waals surface area (Å²) in [6.45, 7) is 3.44. The van der Waals surface area contributed by atoms with Crippen molar-refractivity contribution in [3.63, 3.8) is 0 Å². The molecule has 3 rings (SSSR count). The van der Waals surface area contributed by atoms with Gasteiger partial charge < -0.3 is 9.47 Å². The summed E-state index contributed by atoms with van der Waals surface area (Å²) in [6.07, 6.45) is -2.26. The van der Waals surface area contributed by atoms with Crippen molar-refractivity contribution in [3.05, 3.63) is 17.0 Å². The van der Waals surface area contributed by atoms with E-state index in [4.69, 9.17) is 9.47 Å². The van der Waals surface area contributed by atoms with Crippen LogP contribution in [0.2, 0.25) is 0 Å². The number of hydrogen-bond donors (Lipinski definition) is 0. The number of rotatable bonds is 6. The summed E-state index contributed by atoms with van der Waals surface area (Å²) in [7, 11) is 0. The lowest BCUT2D eigenvalue weighted by molar-refractivity contribution is -0.127. The normalized spacial score (nSPS) is 19.2. The van der Waals surface area contributed by atoms with Crippen molar-refractivity contribution in [2.75, 3.05) is 19.8 Å². The van der Waals surface area contributed by atoms with Gasteiger partial charge in [0.2, 0.25) is 0 Å². The van der Waals surface area contributed by atoms with Gasteiger partial charge in [0, 0.05) is 31.2 Å². The summed E-state index contributed by atoms with van der Waals surface area (Å²) in [5, 5.41) is 4.43. The molecule has 1 saturated carbocycles. The molecule has 140 valence electrons. The number of halogens is 3. The fourth-order valence-corrected chi connectivity index (χ4v) is 3.31. The van der Waals surface area contributed by atoms with Crippen molar-refractivity contribution in [2.45, 2.75) is 57.7 Å². The van der Waals surface area contributed by atoms with Crippen LogP contribution in [0.15, 0.2) is 0 Å². The Balaban J connectivity index is 1.96. The van der Waals surface area contributed by atoms with Crippen molar-refractivity contribution in [1.82, 2.24) is 9.78 Å². The van der Waals surface area contributed by atoms with Crippen LogP contribution < -0.4 is 0 Å². The lowest BCUT2D eigenvalue weighted by Gasteiger charge is -2.22. The summed E-state index contributed by atoms with van der Waals surface area (Å²) in [5.41, 5.74) is 0.403. The predicted molar refractivity (Wildman–Crippen MR) is 83.5 cm³/mol. The molecule has 1 saturated heterocycles. The molecular formula is C17H23F3N2O3. The monoisotopic (exact) mass is 360 g/mol. The van der Waals surface area contributed by atoms with Crippen molar-refractivity contribution in [3.8, 4) is 0 Å². The second-order valence-corrected chi connectivity index (χ2v) is 6.74. The van der Waals surface area contributed by atoms with Gasteiger partial charge in [0.25, 0.3) is 0 Å². The van der Waals surface area contributed by atoms with E-state index in [1.165, 1.54) is 4.68 Å². The van der Waals surface area contributed by atoms with Gasteiger partial charge in [-0.25, -0.2) is 4.79 Å². The number of nitrogens with zero attached hydrogens (tertiary/aromatic N) is 2. The van der Waals surface area contributed by atoms with Gasteiger partial charge in [-0.15, -0.1) is 0 Å². The fourth-order valence-electron chi connectivity index (χ4n) is 3.31.